The number of aliphatic imine (C=N–C) groups is 1. The Bertz CT molecular complexity index is 480. The van der Waals surface area contributed by atoms with Gasteiger partial charge in [-0.05, 0) is 17.3 Å². The lowest BCUT2D eigenvalue weighted by Gasteiger charge is -1.97. The summed E-state index contributed by atoms with van der Waals surface area (Å²) in [5.74, 6) is 0.0916. The van der Waals surface area contributed by atoms with E-state index in [0.29, 0.717) is 5.56 Å². The Labute approximate surface area is 84.1 Å². The number of phenolic OH excluding ortho intramolecular Hbond substituents is 2. The van der Waals surface area contributed by atoms with Crippen molar-refractivity contribution >= 4 is 12.2 Å². The van der Waals surface area contributed by atoms with Crippen molar-refractivity contribution in [3.63, 3.8) is 0 Å². The van der Waals surface area contributed by atoms with Crippen molar-refractivity contribution in [2.24, 2.45) is 4.99 Å². The number of aromatic hydroxyl groups is 2. The predicted molar refractivity (Wildman–Crippen MR) is 51.2 cm³/mol. The molecule has 0 spiro atoms. The average Bonchev–Trinajstić information content (AvgIpc) is 2.69. The number of phenols is 2. The maximum Gasteiger partial charge on any atom is 0.288 e. The number of hydrogen-bond acceptors (Lipinski definition) is 6. The van der Waals surface area contributed by atoms with Crippen LogP contribution in [0.4, 0.5) is 5.95 Å². The van der Waals surface area contributed by atoms with E-state index < -0.39 is 0 Å². The van der Waals surface area contributed by atoms with Crippen LogP contribution >= 0.6 is 0 Å². The lowest BCUT2D eigenvalue weighted by molar-refractivity contribution is 0.450. The van der Waals surface area contributed by atoms with Crippen molar-refractivity contribution in [2.45, 2.75) is 0 Å². The van der Waals surface area contributed by atoms with Gasteiger partial charge in [0.1, 0.15) is 11.5 Å². The molecule has 1 aromatic carbocycles. The summed E-state index contributed by atoms with van der Waals surface area (Å²) in [5, 5.41) is 31.2. The molecule has 0 aliphatic rings. The second-order valence-electron chi connectivity index (χ2n) is 2.71. The smallest absolute Gasteiger partial charge is 0.288 e. The summed E-state index contributed by atoms with van der Waals surface area (Å²) in [4.78, 5) is 3.84. The van der Waals surface area contributed by atoms with E-state index in [1.807, 2.05) is 0 Å². The topological polar surface area (TPSA) is 107 Å². The summed E-state index contributed by atoms with van der Waals surface area (Å²) < 4.78 is 0. The molecule has 0 bridgehead atoms. The Morgan fingerprint density at radius 1 is 1.33 bits per heavy atom. The zero-order valence-corrected chi connectivity index (χ0v) is 7.49. The van der Waals surface area contributed by atoms with E-state index in [1.54, 1.807) is 0 Å². The fraction of sp³-hybridized carbons (Fsp3) is 0. The van der Waals surface area contributed by atoms with E-state index in [1.165, 1.54) is 24.4 Å². The minimum atomic E-state index is -0.0674. The largest absolute Gasteiger partial charge is 0.508 e. The molecule has 7 nitrogen and oxygen atoms in total. The van der Waals surface area contributed by atoms with Gasteiger partial charge in [0.05, 0.1) is 0 Å². The molecule has 0 unspecified atom stereocenters. The number of aromatic amines is 1. The molecule has 1 heterocycles. The number of tetrazole rings is 1. The quantitative estimate of drug-likeness (QED) is 0.613. The molecule has 76 valence electrons. The van der Waals surface area contributed by atoms with Gasteiger partial charge in [-0.15, -0.1) is 5.10 Å². The molecule has 0 fully saturated rings. The molecule has 1 aromatic heterocycles. The number of H-pyrrole nitrogens is 1. The van der Waals surface area contributed by atoms with Crippen molar-refractivity contribution in [1.29, 1.82) is 0 Å². The van der Waals surface area contributed by atoms with E-state index in [9.17, 15) is 5.11 Å². The monoisotopic (exact) mass is 205 g/mol. The molecule has 2 rings (SSSR count). The van der Waals surface area contributed by atoms with Crippen LogP contribution in [0.1, 0.15) is 5.56 Å². The molecule has 2 aromatic rings. The van der Waals surface area contributed by atoms with Crippen LogP contribution in [0.5, 0.6) is 11.5 Å². The van der Waals surface area contributed by atoms with E-state index in [-0.39, 0.29) is 17.4 Å². The van der Waals surface area contributed by atoms with Crippen molar-refractivity contribution in [2.75, 3.05) is 0 Å². The molecule has 0 atom stereocenters. The van der Waals surface area contributed by atoms with Crippen LogP contribution in [0, 0.1) is 0 Å². The summed E-state index contributed by atoms with van der Waals surface area (Å²) >= 11 is 0. The second kappa shape index (κ2) is 3.74. The average molecular weight is 205 g/mol. The van der Waals surface area contributed by atoms with Crippen LogP contribution < -0.4 is 0 Å². The van der Waals surface area contributed by atoms with Crippen LogP contribution in [-0.2, 0) is 0 Å². The second-order valence-corrected chi connectivity index (χ2v) is 2.71. The van der Waals surface area contributed by atoms with Crippen LogP contribution in [0.3, 0.4) is 0 Å². The lowest BCUT2D eigenvalue weighted by atomic mass is 10.2. The first kappa shape index (κ1) is 9.13. The van der Waals surface area contributed by atoms with E-state index in [4.69, 9.17) is 5.11 Å². The summed E-state index contributed by atoms with van der Waals surface area (Å²) in [5.41, 5.74) is 0.456. The number of aromatic nitrogens is 4. The predicted octanol–water partition coefficient (Wildman–Crippen LogP) is 0.361. The summed E-state index contributed by atoms with van der Waals surface area (Å²) in [6.07, 6.45) is 1.37. The molecule has 0 radical (unpaired) electrons. The first-order valence-corrected chi connectivity index (χ1v) is 4.05. The van der Waals surface area contributed by atoms with Gasteiger partial charge in [-0.1, -0.05) is 5.10 Å². The molecule has 15 heavy (non-hydrogen) atoms. The molecule has 0 aliphatic heterocycles. The minimum absolute atomic E-state index is 0.00999. The number of rotatable bonds is 2. The fourth-order valence-corrected chi connectivity index (χ4v) is 0.980. The minimum Gasteiger partial charge on any atom is -0.508 e. The maximum atomic E-state index is 9.40. The first-order valence-electron chi connectivity index (χ1n) is 4.05. The van der Waals surface area contributed by atoms with Gasteiger partial charge < -0.3 is 10.2 Å². The third-order valence-corrected chi connectivity index (χ3v) is 1.67. The third-order valence-electron chi connectivity index (χ3n) is 1.67. The number of benzene rings is 1. The van der Waals surface area contributed by atoms with E-state index >= 15 is 0 Å². The third kappa shape index (κ3) is 2.08. The highest BCUT2D eigenvalue weighted by Crippen LogP contribution is 2.21. The highest BCUT2D eigenvalue weighted by atomic mass is 16.3. The van der Waals surface area contributed by atoms with Crippen LogP contribution in [0.25, 0.3) is 0 Å². The van der Waals surface area contributed by atoms with Gasteiger partial charge in [-0.2, -0.15) is 5.21 Å². The first-order chi connectivity index (χ1) is 7.25. The Balaban J connectivity index is 2.24. The van der Waals surface area contributed by atoms with Crippen LogP contribution in [0.2, 0.25) is 0 Å². The number of hydrogen-bond donors (Lipinski definition) is 3. The Kier molecular flexibility index (Phi) is 2.28. The summed E-state index contributed by atoms with van der Waals surface area (Å²) in [6.45, 7) is 0. The zero-order valence-electron chi connectivity index (χ0n) is 7.49. The van der Waals surface area contributed by atoms with Crippen molar-refractivity contribution in [3.05, 3.63) is 23.8 Å². The highest BCUT2D eigenvalue weighted by molar-refractivity contribution is 5.84. The van der Waals surface area contributed by atoms with Gasteiger partial charge in [0.15, 0.2) is 0 Å². The summed E-state index contributed by atoms with van der Waals surface area (Å²) in [7, 11) is 0. The standard InChI is InChI=1S/C8H7N5O2/c14-6-2-1-5(7(15)3-6)4-9-8-10-12-13-11-8/h1-4,14-15H,(H,10,11,12,13). The van der Waals surface area contributed by atoms with Crippen molar-refractivity contribution < 1.29 is 10.2 Å². The zero-order chi connectivity index (χ0) is 10.7. The van der Waals surface area contributed by atoms with Gasteiger partial charge >= 0.3 is 0 Å². The fourth-order valence-electron chi connectivity index (χ4n) is 0.980. The molecule has 0 amide bonds. The van der Waals surface area contributed by atoms with Gasteiger partial charge in [0.25, 0.3) is 5.95 Å². The van der Waals surface area contributed by atoms with Crippen LogP contribution in [0.15, 0.2) is 23.2 Å². The van der Waals surface area contributed by atoms with Gasteiger partial charge in [0.2, 0.25) is 0 Å². The molecule has 7 heteroatoms. The molecule has 0 saturated heterocycles. The van der Waals surface area contributed by atoms with E-state index in [0.717, 1.165) is 0 Å². The molecular weight excluding hydrogens is 198 g/mol. The Morgan fingerprint density at radius 2 is 2.20 bits per heavy atom. The highest BCUT2D eigenvalue weighted by Gasteiger charge is 1.99. The molecular formula is C8H7N5O2. The molecule has 0 aliphatic carbocycles. The number of nitrogens with one attached hydrogen (secondary N) is 1. The summed E-state index contributed by atoms with van der Waals surface area (Å²) in [6, 6.07) is 4.18. The van der Waals surface area contributed by atoms with E-state index in [2.05, 4.69) is 25.6 Å². The molecule has 0 saturated carbocycles. The van der Waals surface area contributed by atoms with Gasteiger partial charge in [0, 0.05) is 17.8 Å². The Morgan fingerprint density at radius 3 is 2.87 bits per heavy atom. The normalized spacial score (nSPS) is 10.9. The van der Waals surface area contributed by atoms with Crippen molar-refractivity contribution in [3.8, 4) is 11.5 Å². The lowest BCUT2D eigenvalue weighted by Crippen LogP contribution is -1.82. The maximum absolute atomic E-state index is 9.40. The number of nitrogens with zero attached hydrogens (tertiary/aromatic N) is 4. The van der Waals surface area contributed by atoms with Crippen molar-refractivity contribution in [1.82, 2.24) is 20.6 Å². The van der Waals surface area contributed by atoms with Gasteiger partial charge in [-0.3, -0.25) is 0 Å². The van der Waals surface area contributed by atoms with Crippen LogP contribution in [-0.4, -0.2) is 37.1 Å². The Hall–Kier alpha value is -2.44. The van der Waals surface area contributed by atoms with Gasteiger partial charge in [-0.25, -0.2) is 4.99 Å². The molecule has 3 N–H and O–H groups in total. The SMILES string of the molecule is Oc1ccc(C=Nc2nn[nH]n2)c(O)c1.